The lowest BCUT2D eigenvalue weighted by Crippen LogP contribution is -2.28. The lowest BCUT2D eigenvalue weighted by Gasteiger charge is -2.14. The van der Waals surface area contributed by atoms with E-state index in [2.05, 4.69) is 0 Å². The zero-order valence-electron chi connectivity index (χ0n) is 14.6. The summed E-state index contributed by atoms with van der Waals surface area (Å²) in [6.45, 7) is 0. The van der Waals surface area contributed by atoms with Crippen LogP contribution in [-0.4, -0.2) is 15.2 Å². The van der Waals surface area contributed by atoms with Crippen LogP contribution >= 0.6 is 24.0 Å². The number of amides is 1. The van der Waals surface area contributed by atoms with E-state index in [1.807, 2.05) is 0 Å². The van der Waals surface area contributed by atoms with E-state index < -0.39 is 16.6 Å². The minimum atomic E-state index is -0.545. The molecule has 4 rings (SSSR count). The smallest absolute Gasteiger partial charge is 0.270 e. The van der Waals surface area contributed by atoms with E-state index in [0.29, 0.717) is 17.1 Å². The third-order valence-corrected chi connectivity index (χ3v) is 5.43. The van der Waals surface area contributed by atoms with Crippen LogP contribution in [0.25, 0.3) is 17.4 Å². The number of hydrogen-bond donors (Lipinski definition) is 0. The summed E-state index contributed by atoms with van der Waals surface area (Å²) >= 11 is 6.28. The van der Waals surface area contributed by atoms with Gasteiger partial charge in [-0.3, -0.25) is 19.8 Å². The Kier molecular flexibility index (Phi) is 4.99. The fourth-order valence-electron chi connectivity index (χ4n) is 2.80. The van der Waals surface area contributed by atoms with Crippen molar-refractivity contribution in [3.05, 3.63) is 87.3 Å². The molecule has 0 radical (unpaired) electrons. The zero-order chi connectivity index (χ0) is 20.5. The number of nitro benzene ring substituents is 1. The molecule has 0 aliphatic carbocycles. The summed E-state index contributed by atoms with van der Waals surface area (Å²) in [5.41, 5.74) is 0.582. The third kappa shape index (κ3) is 3.69. The number of non-ortho nitro benzene ring substituents is 1. The molecule has 2 heterocycles. The van der Waals surface area contributed by atoms with Crippen molar-refractivity contribution in [2.75, 3.05) is 4.90 Å². The molecule has 0 N–H and O–H groups in total. The van der Waals surface area contributed by atoms with Crippen molar-refractivity contribution in [3.63, 3.8) is 0 Å². The van der Waals surface area contributed by atoms with Gasteiger partial charge in [0.15, 0.2) is 4.32 Å². The van der Waals surface area contributed by atoms with E-state index in [1.165, 1.54) is 36.4 Å². The van der Waals surface area contributed by atoms with Crippen LogP contribution in [-0.2, 0) is 4.79 Å². The number of carbonyl (C=O) groups excluding carboxylic acids is 1. The Morgan fingerprint density at radius 1 is 1.14 bits per heavy atom. The van der Waals surface area contributed by atoms with Gasteiger partial charge >= 0.3 is 0 Å². The van der Waals surface area contributed by atoms with Gasteiger partial charge in [0.1, 0.15) is 17.3 Å². The molecule has 0 bridgehead atoms. The van der Waals surface area contributed by atoms with Gasteiger partial charge in [-0.2, -0.15) is 0 Å². The van der Waals surface area contributed by atoms with Crippen molar-refractivity contribution < 1.29 is 18.5 Å². The highest BCUT2D eigenvalue weighted by Crippen LogP contribution is 2.37. The van der Waals surface area contributed by atoms with E-state index in [4.69, 9.17) is 16.6 Å². The monoisotopic (exact) mass is 426 g/mol. The minimum Gasteiger partial charge on any atom is -0.457 e. The van der Waals surface area contributed by atoms with Gasteiger partial charge in [-0.25, -0.2) is 4.39 Å². The Labute approximate surface area is 173 Å². The van der Waals surface area contributed by atoms with Gasteiger partial charge in [0.05, 0.1) is 15.5 Å². The number of nitro groups is 1. The van der Waals surface area contributed by atoms with Crippen molar-refractivity contribution in [2.45, 2.75) is 0 Å². The number of thiocarbonyl (C=S) groups is 1. The lowest BCUT2D eigenvalue weighted by atomic mass is 10.1. The molecule has 0 spiro atoms. The molecule has 144 valence electrons. The number of rotatable bonds is 4. The summed E-state index contributed by atoms with van der Waals surface area (Å²) < 4.78 is 20.0. The quantitative estimate of drug-likeness (QED) is 0.241. The zero-order valence-corrected chi connectivity index (χ0v) is 16.2. The summed E-state index contributed by atoms with van der Waals surface area (Å²) in [6, 6.07) is 15.2. The first-order valence-electron chi connectivity index (χ1n) is 8.31. The normalized spacial score (nSPS) is 15.3. The number of carbonyl (C=O) groups is 1. The number of hydrogen-bond acceptors (Lipinski definition) is 6. The second-order valence-corrected chi connectivity index (χ2v) is 7.65. The average molecular weight is 426 g/mol. The van der Waals surface area contributed by atoms with Crippen LogP contribution in [0.1, 0.15) is 5.76 Å². The Hall–Kier alpha value is -3.30. The number of anilines is 1. The molecule has 1 aromatic heterocycles. The molecule has 1 aliphatic heterocycles. The number of para-hydroxylation sites is 1. The molecule has 0 saturated carbocycles. The van der Waals surface area contributed by atoms with Gasteiger partial charge < -0.3 is 4.42 Å². The number of thioether (sulfide) groups is 1. The third-order valence-electron chi connectivity index (χ3n) is 4.13. The van der Waals surface area contributed by atoms with Crippen LogP contribution < -0.4 is 4.90 Å². The topological polar surface area (TPSA) is 76.6 Å². The van der Waals surface area contributed by atoms with Gasteiger partial charge in [0.25, 0.3) is 11.6 Å². The molecular weight excluding hydrogens is 415 g/mol. The van der Waals surface area contributed by atoms with E-state index in [1.54, 1.807) is 30.3 Å². The summed E-state index contributed by atoms with van der Waals surface area (Å²) in [7, 11) is 0. The second-order valence-electron chi connectivity index (χ2n) is 5.98. The highest BCUT2D eigenvalue weighted by Gasteiger charge is 2.34. The SMILES string of the molecule is O=C1/C(=C/c2ccc(-c3cccc([N+](=O)[O-])c3)o2)SC(=S)N1c1ccccc1F. The Bertz CT molecular complexity index is 1190. The first-order valence-corrected chi connectivity index (χ1v) is 9.53. The fourth-order valence-corrected chi connectivity index (χ4v) is 4.06. The van der Waals surface area contributed by atoms with Crippen molar-refractivity contribution in [3.8, 4) is 11.3 Å². The number of nitrogens with zero attached hydrogens (tertiary/aromatic N) is 2. The fraction of sp³-hybridized carbons (Fsp3) is 0. The molecule has 0 unspecified atom stereocenters. The van der Waals surface area contributed by atoms with Crippen molar-refractivity contribution in [1.82, 2.24) is 0 Å². The van der Waals surface area contributed by atoms with Crippen LogP contribution in [0.3, 0.4) is 0 Å². The molecule has 2 aromatic carbocycles. The average Bonchev–Trinajstić information content (AvgIpc) is 3.28. The van der Waals surface area contributed by atoms with Crippen LogP contribution in [0.15, 0.2) is 70.0 Å². The van der Waals surface area contributed by atoms with Crippen LogP contribution in [0.4, 0.5) is 15.8 Å². The molecule has 0 atom stereocenters. The largest absolute Gasteiger partial charge is 0.457 e. The van der Waals surface area contributed by atoms with Crippen LogP contribution in [0.5, 0.6) is 0 Å². The predicted octanol–water partition coefficient (Wildman–Crippen LogP) is 5.40. The molecule has 29 heavy (non-hydrogen) atoms. The van der Waals surface area contributed by atoms with Crippen molar-refractivity contribution in [2.24, 2.45) is 0 Å². The van der Waals surface area contributed by atoms with E-state index in [-0.39, 0.29) is 20.6 Å². The van der Waals surface area contributed by atoms with Crippen molar-refractivity contribution >= 4 is 51.7 Å². The highest BCUT2D eigenvalue weighted by atomic mass is 32.2. The number of furan rings is 1. The highest BCUT2D eigenvalue weighted by molar-refractivity contribution is 8.27. The maximum Gasteiger partial charge on any atom is 0.270 e. The standard InChI is InChI=1S/C20H11FN2O4S2/c21-15-6-1-2-7-16(15)22-19(24)18(29-20(22)28)11-14-8-9-17(27-14)12-4-3-5-13(10-12)23(25)26/h1-11H/b18-11-. The second kappa shape index (κ2) is 7.61. The Balaban J connectivity index is 1.62. The van der Waals surface area contributed by atoms with E-state index in [9.17, 15) is 19.3 Å². The van der Waals surface area contributed by atoms with Gasteiger partial charge in [0.2, 0.25) is 0 Å². The Morgan fingerprint density at radius 2 is 1.93 bits per heavy atom. The van der Waals surface area contributed by atoms with Gasteiger partial charge in [-0.1, -0.05) is 48.2 Å². The van der Waals surface area contributed by atoms with Crippen LogP contribution in [0, 0.1) is 15.9 Å². The molecule has 9 heteroatoms. The summed E-state index contributed by atoms with van der Waals surface area (Å²) in [5.74, 6) is -0.195. The van der Waals surface area contributed by atoms with E-state index in [0.717, 1.165) is 16.7 Å². The lowest BCUT2D eigenvalue weighted by molar-refractivity contribution is -0.384. The van der Waals surface area contributed by atoms with E-state index >= 15 is 0 Å². The number of halogens is 1. The molecule has 3 aromatic rings. The molecule has 1 aliphatic rings. The van der Waals surface area contributed by atoms with Gasteiger partial charge in [-0.15, -0.1) is 0 Å². The molecule has 1 saturated heterocycles. The first kappa shape index (κ1) is 19.0. The molecule has 1 fully saturated rings. The van der Waals surface area contributed by atoms with Crippen molar-refractivity contribution in [1.29, 1.82) is 0 Å². The summed E-state index contributed by atoms with van der Waals surface area (Å²) in [4.78, 5) is 24.6. The molecular formula is C20H11FN2O4S2. The Morgan fingerprint density at radius 3 is 2.69 bits per heavy atom. The van der Waals surface area contributed by atoms with Gasteiger partial charge in [0, 0.05) is 23.8 Å². The maximum atomic E-state index is 14.1. The minimum absolute atomic E-state index is 0.0498. The van der Waals surface area contributed by atoms with Crippen LogP contribution in [0.2, 0.25) is 0 Å². The first-order chi connectivity index (χ1) is 13.9. The summed E-state index contributed by atoms with van der Waals surface area (Å²) in [5, 5.41) is 10.9. The predicted molar refractivity (Wildman–Crippen MR) is 113 cm³/mol. The number of benzene rings is 2. The maximum absolute atomic E-state index is 14.1. The molecule has 6 nitrogen and oxygen atoms in total. The van der Waals surface area contributed by atoms with Gasteiger partial charge in [-0.05, 0) is 24.3 Å². The summed E-state index contributed by atoms with van der Waals surface area (Å²) in [6.07, 6.45) is 1.51. The molecule has 1 amide bonds.